The zero-order chi connectivity index (χ0) is 54.1. The van der Waals surface area contributed by atoms with Gasteiger partial charge in [-0.1, -0.05) is 203 Å². The molecule has 2 nitrogen and oxygen atoms in total. The third-order valence-electron chi connectivity index (χ3n) is 18.0. The molecule has 10 aromatic rings. The Bertz CT molecular complexity index is 4070. The Morgan fingerprint density at radius 1 is 0.474 bits per heavy atom. The van der Waals surface area contributed by atoms with Crippen LogP contribution < -0.4 is 25.5 Å². The number of thiophene rings is 1. The van der Waals surface area contributed by atoms with Crippen LogP contribution in [0.25, 0.3) is 43.5 Å². The van der Waals surface area contributed by atoms with Crippen molar-refractivity contribution in [3.05, 3.63) is 232 Å². The van der Waals surface area contributed by atoms with Gasteiger partial charge in [0.2, 0.25) is 0 Å². The topological polar surface area (TPSA) is 6.48 Å². The number of aryl methyl sites for hydroxylation is 2. The first-order valence-electron chi connectivity index (χ1n) is 28.4. The highest BCUT2D eigenvalue weighted by Crippen LogP contribution is 2.64. The van der Waals surface area contributed by atoms with E-state index >= 15 is 0 Å². The van der Waals surface area contributed by atoms with Crippen LogP contribution in [0.3, 0.4) is 0 Å². The number of hydrogen-bond acceptors (Lipinski definition) is 3. The summed E-state index contributed by atoms with van der Waals surface area (Å²) in [5.41, 5.74) is 31.1. The highest BCUT2D eigenvalue weighted by Gasteiger charge is 2.53. The van der Waals surface area contributed by atoms with Gasteiger partial charge in [-0.25, -0.2) is 0 Å². The first-order valence-corrected chi connectivity index (χ1v) is 29.2. The molecule has 2 aliphatic heterocycles. The number of rotatable bonds is 4. The van der Waals surface area contributed by atoms with Crippen molar-refractivity contribution in [3.63, 3.8) is 0 Å². The highest BCUT2D eigenvalue weighted by molar-refractivity contribution is 7.33. The maximum Gasteiger partial charge on any atom is 0.264 e. The van der Waals surface area contributed by atoms with Crippen LogP contribution in [0.15, 0.2) is 176 Å². The van der Waals surface area contributed by atoms with Crippen LogP contribution in [0, 0.1) is 13.8 Å². The Kier molecular flexibility index (Phi) is 10.5. The molecule has 1 spiro atoms. The van der Waals surface area contributed by atoms with Crippen molar-refractivity contribution < 1.29 is 0 Å². The van der Waals surface area contributed by atoms with Gasteiger partial charge in [0.25, 0.3) is 6.71 Å². The summed E-state index contributed by atoms with van der Waals surface area (Å²) < 4.78 is 2.72. The molecule has 384 valence electrons. The molecule has 0 fully saturated rings. The maximum atomic E-state index is 2.66. The number of hydrogen-bond donors (Lipinski definition) is 0. The molecule has 78 heavy (non-hydrogen) atoms. The van der Waals surface area contributed by atoms with Crippen LogP contribution in [0.5, 0.6) is 0 Å². The summed E-state index contributed by atoms with van der Waals surface area (Å²) in [6.45, 7) is 30.3. The number of anilines is 6. The standard InChI is InChI=1S/C74H69BN2S/c1-43(2)46-27-35-53-54-41-55-66(42-61(54)74(60(53)39-46)56-21-16-14-19-51(56)52-20-15-17-22-57(52)74)78-70-69(55)77(50-33-29-48(30-34-50)71(5,6)7)65-38-45(4)37-64-68(65)75(70)62-36-28-47(40-63(62)76(64)49-31-25-44(3)26-32-49)67-58(72(8,9)10)23-18-24-59(67)73(11,12)13/h14-43H,1-13H3. The van der Waals surface area contributed by atoms with E-state index in [-0.39, 0.29) is 23.0 Å². The van der Waals surface area contributed by atoms with Gasteiger partial charge in [0.15, 0.2) is 0 Å². The number of fused-ring (bicyclic) bond motifs is 16. The molecule has 0 saturated heterocycles. The van der Waals surface area contributed by atoms with E-state index in [2.05, 4.69) is 276 Å². The van der Waals surface area contributed by atoms with Crippen molar-refractivity contribution >= 4 is 78.0 Å². The van der Waals surface area contributed by atoms with Crippen LogP contribution in [0.4, 0.5) is 34.1 Å². The van der Waals surface area contributed by atoms with E-state index in [1.165, 1.54) is 149 Å². The second-order valence-electron chi connectivity index (χ2n) is 26.5. The fraction of sp³-hybridized carbons (Fsp3) is 0.243. The Balaban J connectivity index is 1.10. The Hall–Kier alpha value is -7.40. The van der Waals surface area contributed by atoms with Crippen molar-refractivity contribution in [3.8, 4) is 33.4 Å². The van der Waals surface area contributed by atoms with Gasteiger partial charge in [0.1, 0.15) is 0 Å². The third-order valence-corrected chi connectivity index (χ3v) is 19.2. The molecule has 0 saturated carbocycles. The summed E-state index contributed by atoms with van der Waals surface area (Å²) in [6.07, 6.45) is 0. The second-order valence-corrected chi connectivity index (χ2v) is 27.5. The summed E-state index contributed by atoms with van der Waals surface area (Å²) >= 11 is 2.02. The van der Waals surface area contributed by atoms with Gasteiger partial charge in [-0.15, -0.1) is 11.3 Å². The van der Waals surface area contributed by atoms with E-state index in [4.69, 9.17) is 0 Å². The normalized spacial score (nSPS) is 14.6. The molecule has 4 aliphatic rings. The molecule has 0 radical (unpaired) electrons. The molecule has 2 aliphatic carbocycles. The SMILES string of the molecule is Cc1ccc(N2c3cc(-c4c(C(C)(C)C)cccc4C(C)(C)C)ccc3B3c4sc5cc6c(cc5c4N(c4ccc(C(C)(C)C)cc4)c4cc(C)cc2c43)-c2ccc(C(C)C)cc2C62c3ccccc3-c3ccccc32)cc1. The zero-order valence-corrected chi connectivity index (χ0v) is 48.5. The first-order chi connectivity index (χ1) is 37.2. The minimum Gasteiger partial charge on any atom is -0.311 e. The Morgan fingerprint density at radius 3 is 1.67 bits per heavy atom. The third kappa shape index (κ3) is 6.94. The van der Waals surface area contributed by atoms with Crippen molar-refractivity contribution in [2.24, 2.45) is 0 Å². The minimum atomic E-state index is -0.450. The van der Waals surface area contributed by atoms with E-state index in [1.54, 1.807) is 0 Å². The Morgan fingerprint density at radius 2 is 1.05 bits per heavy atom. The van der Waals surface area contributed by atoms with Crippen LogP contribution in [0.1, 0.15) is 138 Å². The summed E-state index contributed by atoms with van der Waals surface area (Å²) in [6, 6.07) is 69.4. The number of nitrogens with zero attached hydrogens (tertiary/aromatic N) is 2. The van der Waals surface area contributed by atoms with E-state index in [1.807, 2.05) is 11.3 Å². The van der Waals surface area contributed by atoms with Gasteiger partial charge >= 0.3 is 0 Å². The average Bonchev–Trinajstić information content (AvgIpc) is 3.01. The summed E-state index contributed by atoms with van der Waals surface area (Å²) in [4.78, 5) is 5.26. The van der Waals surface area contributed by atoms with Crippen LogP contribution in [-0.4, -0.2) is 6.71 Å². The van der Waals surface area contributed by atoms with Crippen molar-refractivity contribution in [2.45, 2.75) is 118 Å². The smallest absolute Gasteiger partial charge is 0.264 e. The first kappa shape index (κ1) is 48.9. The van der Waals surface area contributed by atoms with Crippen LogP contribution >= 0.6 is 11.3 Å². The summed E-state index contributed by atoms with van der Waals surface area (Å²) in [5, 5.41) is 1.31. The van der Waals surface area contributed by atoms with Crippen LogP contribution in [0.2, 0.25) is 0 Å². The second kappa shape index (κ2) is 16.8. The van der Waals surface area contributed by atoms with Crippen molar-refractivity contribution in [1.29, 1.82) is 0 Å². The molecule has 0 atom stereocenters. The quantitative estimate of drug-likeness (QED) is 0.162. The molecule has 0 N–H and O–H groups in total. The zero-order valence-electron chi connectivity index (χ0n) is 47.7. The van der Waals surface area contributed by atoms with Gasteiger partial charge in [-0.2, -0.15) is 0 Å². The molecular weight excluding hydrogens is 960 g/mol. The highest BCUT2D eigenvalue weighted by atomic mass is 32.1. The largest absolute Gasteiger partial charge is 0.311 e. The van der Waals surface area contributed by atoms with E-state index in [0.29, 0.717) is 5.92 Å². The van der Waals surface area contributed by atoms with Gasteiger partial charge in [0, 0.05) is 43.3 Å². The molecule has 0 bridgehead atoms. The van der Waals surface area contributed by atoms with Crippen molar-refractivity contribution in [2.75, 3.05) is 9.80 Å². The van der Waals surface area contributed by atoms with Gasteiger partial charge in [-0.05, 0) is 185 Å². The van der Waals surface area contributed by atoms with Crippen LogP contribution in [-0.2, 0) is 21.7 Å². The minimum absolute atomic E-state index is 0.0171. The lowest BCUT2D eigenvalue weighted by Crippen LogP contribution is -2.60. The number of benzene rings is 9. The lowest BCUT2D eigenvalue weighted by Gasteiger charge is -2.43. The monoisotopic (exact) mass is 1030 g/mol. The lowest BCUT2D eigenvalue weighted by atomic mass is 9.36. The molecule has 3 heterocycles. The fourth-order valence-electron chi connectivity index (χ4n) is 14.2. The molecule has 9 aromatic carbocycles. The van der Waals surface area contributed by atoms with E-state index < -0.39 is 5.41 Å². The molecular formula is C74H69BN2S. The van der Waals surface area contributed by atoms with E-state index in [9.17, 15) is 0 Å². The van der Waals surface area contributed by atoms with Gasteiger partial charge < -0.3 is 9.80 Å². The Labute approximate surface area is 467 Å². The molecule has 0 unspecified atom stereocenters. The average molecular weight is 1030 g/mol. The summed E-state index contributed by atoms with van der Waals surface area (Å²) in [7, 11) is 0. The molecule has 14 rings (SSSR count). The predicted molar refractivity (Wildman–Crippen MR) is 337 cm³/mol. The maximum absolute atomic E-state index is 2.66. The van der Waals surface area contributed by atoms with Gasteiger partial charge in [-0.3, -0.25) is 0 Å². The van der Waals surface area contributed by atoms with Crippen molar-refractivity contribution in [1.82, 2.24) is 0 Å². The molecule has 0 amide bonds. The van der Waals surface area contributed by atoms with Gasteiger partial charge in [0.05, 0.1) is 11.1 Å². The lowest BCUT2D eigenvalue weighted by molar-refractivity contribution is 0.572. The molecule has 1 aromatic heterocycles. The summed E-state index contributed by atoms with van der Waals surface area (Å²) in [5.74, 6) is 0.398. The van der Waals surface area contributed by atoms with E-state index in [0.717, 1.165) is 0 Å². The fourth-order valence-corrected chi connectivity index (χ4v) is 15.6. The molecule has 4 heteroatoms. The predicted octanol–water partition coefficient (Wildman–Crippen LogP) is 18.6.